The average Bonchev–Trinajstić information content (AvgIpc) is 3.10. The molecule has 1 saturated carbocycles. The number of nitrogens with one attached hydrogen (secondary N) is 1. The first-order valence-corrected chi connectivity index (χ1v) is 6.36. The highest BCUT2D eigenvalue weighted by atomic mass is 14.9. The normalized spacial score (nSPS) is 24.2. The number of rotatable bonds is 3. The van der Waals surface area contributed by atoms with Crippen LogP contribution >= 0.6 is 0 Å². The Kier molecular flexibility index (Phi) is 2.64. The molecular formula is C13H19N3. The summed E-state index contributed by atoms with van der Waals surface area (Å²) >= 11 is 0. The van der Waals surface area contributed by atoms with Crippen LogP contribution in [0, 0.1) is 12.8 Å². The minimum atomic E-state index is 0.791. The van der Waals surface area contributed by atoms with Crippen LogP contribution in [0.4, 0.5) is 0 Å². The topological polar surface area (TPSA) is 37.8 Å². The molecule has 1 fully saturated rings. The van der Waals surface area contributed by atoms with Crippen LogP contribution in [0.2, 0.25) is 0 Å². The highest BCUT2D eigenvalue weighted by Gasteiger charge is 2.24. The maximum Gasteiger partial charge on any atom is 0.125 e. The quantitative estimate of drug-likeness (QED) is 0.836. The molecule has 0 amide bonds. The molecule has 16 heavy (non-hydrogen) atoms. The van der Waals surface area contributed by atoms with E-state index in [9.17, 15) is 0 Å². The van der Waals surface area contributed by atoms with Crippen molar-refractivity contribution in [3.05, 3.63) is 23.3 Å². The summed E-state index contributed by atoms with van der Waals surface area (Å²) in [7, 11) is 0. The Morgan fingerprint density at radius 2 is 2.25 bits per heavy atom. The summed E-state index contributed by atoms with van der Waals surface area (Å²) in [6.45, 7) is 3.15. The molecule has 0 aromatic carbocycles. The first kappa shape index (κ1) is 10.2. The summed E-state index contributed by atoms with van der Waals surface area (Å²) in [5.74, 6) is 1.70. The first-order valence-electron chi connectivity index (χ1n) is 6.36. The van der Waals surface area contributed by atoms with Gasteiger partial charge in [-0.2, -0.15) is 0 Å². The smallest absolute Gasteiger partial charge is 0.125 e. The van der Waals surface area contributed by atoms with Gasteiger partial charge in [-0.15, -0.1) is 0 Å². The zero-order valence-corrected chi connectivity index (χ0v) is 9.87. The maximum atomic E-state index is 4.52. The fourth-order valence-electron chi connectivity index (χ4n) is 2.48. The second-order valence-electron chi connectivity index (χ2n) is 5.18. The van der Waals surface area contributed by atoms with Gasteiger partial charge in [0.25, 0.3) is 0 Å². The van der Waals surface area contributed by atoms with E-state index >= 15 is 0 Å². The third-order valence-corrected chi connectivity index (χ3v) is 3.65. The van der Waals surface area contributed by atoms with Gasteiger partial charge in [-0.05, 0) is 57.1 Å². The van der Waals surface area contributed by atoms with Crippen LogP contribution in [0.25, 0.3) is 0 Å². The van der Waals surface area contributed by atoms with Crippen molar-refractivity contribution >= 4 is 0 Å². The van der Waals surface area contributed by atoms with Crippen LogP contribution in [0.15, 0.2) is 6.20 Å². The van der Waals surface area contributed by atoms with Gasteiger partial charge in [0, 0.05) is 17.9 Å². The van der Waals surface area contributed by atoms with Crippen molar-refractivity contribution in [1.29, 1.82) is 0 Å². The van der Waals surface area contributed by atoms with Crippen LogP contribution in [-0.4, -0.2) is 22.6 Å². The highest BCUT2D eigenvalue weighted by molar-refractivity contribution is 5.21. The van der Waals surface area contributed by atoms with E-state index in [1.807, 2.05) is 13.1 Å². The molecule has 86 valence electrons. The largest absolute Gasteiger partial charge is 0.314 e. The molecule has 0 saturated heterocycles. The van der Waals surface area contributed by atoms with Crippen LogP contribution in [0.1, 0.15) is 36.3 Å². The molecule has 1 aromatic rings. The molecule has 3 nitrogen and oxygen atoms in total. The number of aromatic nitrogens is 2. The van der Waals surface area contributed by atoms with Crippen molar-refractivity contribution < 1.29 is 0 Å². The van der Waals surface area contributed by atoms with E-state index in [4.69, 9.17) is 0 Å². The first-order chi connectivity index (χ1) is 7.81. The third-order valence-electron chi connectivity index (χ3n) is 3.65. The van der Waals surface area contributed by atoms with E-state index < -0.39 is 0 Å². The number of aryl methyl sites for hydroxylation is 2. The van der Waals surface area contributed by atoms with Gasteiger partial charge in [0.05, 0.1) is 0 Å². The Balaban J connectivity index is 1.63. The molecule has 0 spiro atoms. The van der Waals surface area contributed by atoms with Gasteiger partial charge in [-0.3, -0.25) is 0 Å². The molecule has 1 unspecified atom stereocenters. The Bertz CT molecular complexity index is 385. The lowest BCUT2D eigenvalue weighted by molar-refractivity contribution is 0.418. The minimum absolute atomic E-state index is 0.791. The average molecular weight is 217 g/mol. The minimum Gasteiger partial charge on any atom is -0.314 e. The molecule has 1 atom stereocenters. The molecule has 1 aromatic heterocycles. The van der Waals surface area contributed by atoms with Gasteiger partial charge in [0.1, 0.15) is 5.82 Å². The van der Waals surface area contributed by atoms with E-state index in [-0.39, 0.29) is 0 Å². The van der Waals surface area contributed by atoms with Gasteiger partial charge in [-0.1, -0.05) is 0 Å². The predicted octanol–water partition coefficient (Wildman–Crippen LogP) is 1.64. The van der Waals surface area contributed by atoms with Gasteiger partial charge in [0.2, 0.25) is 0 Å². The predicted molar refractivity (Wildman–Crippen MR) is 63.3 cm³/mol. The molecule has 0 bridgehead atoms. The molecule has 3 heteroatoms. The number of hydrogen-bond donors (Lipinski definition) is 1. The standard InChI is InChI=1S/C13H19N3/c1-9-14-8-11-6-10(2-5-13(11)16-9)7-15-12-3-4-12/h8,10,12,15H,2-7H2,1H3. The molecule has 3 rings (SSSR count). The van der Waals surface area contributed by atoms with Crippen molar-refractivity contribution in [2.45, 2.75) is 45.1 Å². The Morgan fingerprint density at radius 3 is 3.06 bits per heavy atom. The zero-order chi connectivity index (χ0) is 11.0. The van der Waals surface area contributed by atoms with Crippen LogP contribution < -0.4 is 5.32 Å². The van der Waals surface area contributed by atoms with Crippen molar-refractivity contribution in [2.75, 3.05) is 6.54 Å². The van der Waals surface area contributed by atoms with Gasteiger partial charge in [0.15, 0.2) is 0 Å². The van der Waals surface area contributed by atoms with Crippen molar-refractivity contribution in [2.24, 2.45) is 5.92 Å². The van der Waals surface area contributed by atoms with Gasteiger partial charge in [-0.25, -0.2) is 9.97 Å². The van der Waals surface area contributed by atoms with Crippen molar-refractivity contribution in [3.63, 3.8) is 0 Å². The maximum absolute atomic E-state index is 4.52. The summed E-state index contributed by atoms with van der Waals surface area (Å²) in [4.78, 5) is 8.83. The molecule has 0 radical (unpaired) electrons. The van der Waals surface area contributed by atoms with E-state index in [2.05, 4.69) is 15.3 Å². The van der Waals surface area contributed by atoms with Crippen LogP contribution in [0.3, 0.4) is 0 Å². The Labute approximate surface area is 96.7 Å². The van der Waals surface area contributed by atoms with E-state index in [0.29, 0.717) is 0 Å². The Hall–Kier alpha value is -0.960. The number of nitrogens with zero attached hydrogens (tertiary/aromatic N) is 2. The second-order valence-corrected chi connectivity index (χ2v) is 5.18. The summed E-state index contributed by atoms with van der Waals surface area (Å²) < 4.78 is 0. The van der Waals surface area contributed by atoms with Crippen molar-refractivity contribution in [1.82, 2.24) is 15.3 Å². The number of hydrogen-bond acceptors (Lipinski definition) is 3. The fourth-order valence-corrected chi connectivity index (χ4v) is 2.48. The van der Waals surface area contributed by atoms with E-state index in [1.54, 1.807) is 0 Å². The summed E-state index contributed by atoms with van der Waals surface area (Å²) in [5, 5.41) is 3.63. The molecule has 0 aliphatic heterocycles. The number of fused-ring (bicyclic) bond motifs is 1. The second kappa shape index (κ2) is 4.13. The third kappa shape index (κ3) is 2.24. The van der Waals surface area contributed by atoms with E-state index in [0.717, 1.165) is 30.6 Å². The lowest BCUT2D eigenvalue weighted by Crippen LogP contribution is -2.29. The molecule has 2 aliphatic carbocycles. The molecule has 1 N–H and O–H groups in total. The van der Waals surface area contributed by atoms with Gasteiger partial charge >= 0.3 is 0 Å². The Morgan fingerprint density at radius 1 is 1.38 bits per heavy atom. The van der Waals surface area contributed by atoms with Crippen molar-refractivity contribution in [3.8, 4) is 0 Å². The molecule has 2 aliphatic rings. The molecular weight excluding hydrogens is 198 g/mol. The highest BCUT2D eigenvalue weighted by Crippen LogP contribution is 2.25. The summed E-state index contributed by atoms with van der Waals surface area (Å²) in [5.41, 5.74) is 2.66. The lowest BCUT2D eigenvalue weighted by atomic mass is 9.87. The lowest BCUT2D eigenvalue weighted by Gasteiger charge is -2.24. The van der Waals surface area contributed by atoms with Crippen LogP contribution in [-0.2, 0) is 12.8 Å². The summed E-state index contributed by atoms with van der Waals surface area (Å²) in [6, 6.07) is 0.829. The zero-order valence-electron chi connectivity index (χ0n) is 9.87. The van der Waals surface area contributed by atoms with Gasteiger partial charge < -0.3 is 5.32 Å². The van der Waals surface area contributed by atoms with E-state index in [1.165, 1.54) is 37.1 Å². The fraction of sp³-hybridized carbons (Fsp3) is 0.692. The summed E-state index contributed by atoms with van der Waals surface area (Å²) in [6.07, 6.45) is 8.37. The monoisotopic (exact) mass is 217 g/mol. The SMILES string of the molecule is Cc1ncc2c(n1)CCC(CNC1CC1)C2. The van der Waals surface area contributed by atoms with Crippen LogP contribution in [0.5, 0.6) is 0 Å². The molecule has 1 heterocycles.